The maximum Gasteiger partial charge on any atom is 0.315 e. The molecular formula is C22H34O3. The second-order valence-electron chi connectivity index (χ2n) is 7.13. The lowest BCUT2D eigenvalue weighted by molar-refractivity contribution is -0.159. The summed E-state index contributed by atoms with van der Waals surface area (Å²) in [5.74, 6) is 0.578. The maximum atomic E-state index is 12.4. The molecule has 0 bridgehead atoms. The van der Waals surface area contributed by atoms with Crippen molar-refractivity contribution in [3.8, 4) is 5.75 Å². The maximum absolute atomic E-state index is 12.4. The van der Waals surface area contributed by atoms with Crippen molar-refractivity contribution in [2.45, 2.75) is 71.8 Å². The summed E-state index contributed by atoms with van der Waals surface area (Å²) in [6, 6.07) is 9.58. The normalized spacial score (nSPS) is 12.4. The van der Waals surface area contributed by atoms with Gasteiger partial charge in [-0.05, 0) is 52.2 Å². The van der Waals surface area contributed by atoms with Gasteiger partial charge in [0.2, 0.25) is 0 Å². The van der Waals surface area contributed by atoms with Gasteiger partial charge in [0.25, 0.3) is 0 Å². The number of carbonyl (C=O) groups is 1. The number of benzene rings is 1. The molecule has 0 amide bonds. The number of unbranched alkanes of at least 4 members (excludes halogenated alkanes) is 6. The fraction of sp³-hybridized carbons (Fsp3) is 0.591. The van der Waals surface area contributed by atoms with Gasteiger partial charge >= 0.3 is 5.97 Å². The number of allylic oxidation sites excluding steroid dienone is 1. The molecule has 0 aliphatic carbocycles. The smallest absolute Gasteiger partial charge is 0.315 e. The van der Waals surface area contributed by atoms with E-state index in [4.69, 9.17) is 9.47 Å². The van der Waals surface area contributed by atoms with Crippen LogP contribution in [0.5, 0.6) is 5.75 Å². The first kappa shape index (κ1) is 21.3. The Bertz CT molecular complexity index is 493. The van der Waals surface area contributed by atoms with Crippen LogP contribution in [0.2, 0.25) is 0 Å². The van der Waals surface area contributed by atoms with Crippen LogP contribution in [-0.4, -0.2) is 18.7 Å². The van der Waals surface area contributed by atoms with Crippen LogP contribution in [0, 0.1) is 5.41 Å². The number of esters is 1. The summed E-state index contributed by atoms with van der Waals surface area (Å²) in [7, 11) is 0. The molecule has 0 radical (unpaired) electrons. The van der Waals surface area contributed by atoms with Gasteiger partial charge in [-0.15, -0.1) is 6.58 Å². The molecule has 1 unspecified atom stereocenters. The van der Waals surface area contributed by atoms with Crippen LogP contribution in [0.4, 0.5) is 0 Å². The molecule has 0 N–H and O–H groups in total. The molecule has 140 valence electrons. The topological polar surface area (TPSA) is 35.5 Å². The van der Waals surface area contributed by atoms with Crippen molar-refractivity contribution in [3.05, 3.63) is 43.0 Å². The highest BCUT2D eigenvalue weighted by Gasteiger charge is 2.37. The van der Waals surface area contributed by atoms with Gasteiger partial charge < -0.3 is 9.47 Å². The average Bonchev–Trinajstić information content (AvgIpc) is 2.60. The summed E-state index contributed by atoms with van der Waals surface area (Å²) < 4.78 is 11.4. The second kappa shape index (κ2) is 11.7. The molecule has 25 heavy (non-hydrogen) atoms. The van der Waals surface area contributed by atoms with Crippen LogP contribution in [0.25, 0.3) is 0 Å². The molecule has 0 heterocycles. The Labute approximate surface area is 153 Å². The molecule has 0 spiro atoms. The Balaban J connectivity index is 2.22. The van der Waals surface area contributed by atoms with Crippen LogP contribution in [0.1, 0.15) is 65.7 Å². The van der Waals surface area contributed by atoms with Gasteiger partial charge in [0.15, 0.2) is 0 Å². The van der Waals surface area contributed by atoms with Crippen molar-refractivity contribution in [2.24, 2.45) is 5.41 Å². The van der Waals surface area contributed by atoms with Crippen LogP contribution >= 0.6 is 0 Å². The van der Waals surface area contributed by atoms with E-state index in [1.807, 2.05) is 57.2 Å². The number of hydrogen-bond donors (Lipinski definition) is 0. The third kappa shape index (κ3) is 8.24. The summed E-state index contributed by atoms with van der Waals surface area (Å²) in [6.07, 6.45) is 9.79. The van der Waals surface area contributed by atoms with E-state index in [0.29, 0.717) is 6.61 Å². The number of rotatable bonds is 13. The monoisotopic (exact) mass is 346 g/mol. The summed E-state index contributed by atoms with van der Waals surface area (Å²) in [4.78, 5) is 12.4. The third-order valence-corrected chi connectivity index (χ3v) is 4.63. The van der Waals surface area contributed by atoms with Crippen LogP contribution < -0.4 is 4.74 Å². The Kier molecular flexibility index (Phi) is 9.98. The largest absolute Gasteiger partial charge is 0.490 e. The number of carbonyl (C=O) groups excluding carboxylic acids is 1. The lowest BCUT2D eigenvalue weighted by atomic mass is 9.87. The Morgan fingerprint density at radius 2 is 1.68 bits per heavy atom. The lowest BCUT2D eigenvalue weighted by Gasteiger charge is -2.29. The quantitative estimate of drug-likeness (QED) is 0.252. The molecule has 0 aliphatic heterocycles. The van der Waals surface area contributed by atoms with Crippen LogP contribution in [0.3, 0.4) is 0 Å². The minimum absolute atomic E-state index is 0.193. The number of ether oxygens (including phenoxy) is 2. The second-order valence-corrected chi connectivity index (χ2v) is 7.13. The molecule has 1 aromatic rings. The highest BCUT2D eigenvalue weighted by Crippen LogP contribution is 2.27. The van der Waals surface area contributed by atoms with E-state index in [0.717, 1.165) is 25.0 Å². The predicted octanol–water partition coefficient (Wildman–Crippen LogP) is 5.94. The van der Waals surface area contributed by atoms with Gasteiger partial charge in [0, 0.05) is 0 Å². The minimum Gasteiger partial charge on any atom is -0.490 e. The van der Waals surface area contributed by atoms with Crippen molar-refractivity contribution < 1.29 is 14.3 Å². The first-order valence-electron chi connectivity index (χ1n) is 9.48. The SMILES string of the molecule is C=CCCCCCCCCOC(=O)C(C)(C)C(C)Oc1ccccc1. The van der Waals surface area contributed by atoms with E-state index < -0.39 is 5.41 Å². The summed E-state index contributed by atoms with van der Waals surface area (Å²) in [5, 5.41) is 0. The van der Waals surface area contributed by atoms with Gasteiger partial charge in [-0.3, -0.25) is 4.79 Å². The van der Waals surface area contributed by atoms with E-state index in [2.05, 4.69) is 6.58 Å². The summed E-state index contributed by atoms with van der Waals surface area (Å²) >= 11 is 0. The average molecular weight is 347 g/mol. The molecule has 3 nitrogen and oxygen atoms in total. The number of para-hydroxylation sites is 1. The van der Waals surface area contributed by atoms with E-state index in [-0.39, 0.29) is 12.1 Å². The van der Waals surface area contributed by atoms with Crippen molar-refractivity contribution in [1.29, 1.82) is 0 Å². The highest BCUT2D eigenvalue weighted by atomic mass is 16.5. The van der Waals surface area contributed by atoms with Gasteiger partial charge in [0.1, 0.15) is 11.9 Å². The predicted molar refractivity (Wildman–Crippen MR) is 104 cm³/mol. The standard InChI is InChI=1S/C22H34O3/c1-5-6-7-8-9-10-11-15-18-24-21(23)22(3,4)19(2)25-20-16-13-12-14-17-20/h5,12-14,16-17,19H,1,6-11,15,18H2,2-4H3. The fourth-order valence-corrected chi connectivity index (χ4v) is 2.47. The molecule has 1 atom stereocenters. The zero-order valence-corrected chi connectivity index (χ0v) is 16.1. The molecule has 0 aromatic heterocycles. The molecule has 0 saturated carbocycles. The zero-order valence-electron chi connectivity index (χ0n) is 16.1. The molecule has 1 rings (SSSR count). The van der Waals surface area contributed by atoms with Crippen LogP contribution in [0.15, 0.2) is 43.0 Å². The molecule has 0 fully saturated rings. The van der Waals surface area contributed by atoms with Gasteiger partial charge in [0.05, 0.1) is 12.0 Å². The van der Waals surface area contributed by atoms with Gasteiger partial charge in [-0.1, -0.05) is 50.0 Å². The number of hydrogen-bond acceptors (Lipinski definition) is 3. The highest BCUT2D eigenvalue weighted by molar-refractivity contribution is 5.76. The van der Waals surface area contributed by atoms with E-state index in [1.165, 1.54) is 25.7 Å². The van der Waals surface area contributed by atoms with Crippen LogP contribution in [-0.2, 0) is 9.53 Å². The van der Waals surface area contributed by atoms with Gasteiger partial charge in [-0.25, -0.2) is 0 Å². The molecule has 3 heteroatoms. The summed E-state index contributed by atoms with van der Waals surface area (Å²) in [5.41, 5.74) is -0.680. The minimum atomic E-state index is -0.680. The molecule has 0 aliphatic rings. The van der Waals surface area contributed by atoms with E-state index >= 15 is 0 Å². The Morgan fingerprint density at radius 3 is 2.32 bits per heavy atom. The molecule has 1 aromatic carbocycles. The first-order valence-corrected chi connectivity index (χ1v) is 9.48. The Morgan fingerprint density at radius 1 is 1.08 bits per heavy atom. The van der Waals surface area contributed by atoms with Crippen molar-refractivity contribution in [1.82, 2.24) is 0 Å². The first-order chi connectivity index (χ1) is 12.0. The van der Waals surface area contributed by atoms with Gasteiger partial charge in [-0.2, -0.15) is 0 Å². The Hall–Kier alpha value is -1.77. The molecule has 0 saturated heterocycles. The lowest BCUT2D eigenvalue weighted by Crippen LogP contribution is -2.40. The van der Waals surface area contributed by atoms with Crippen molar-refractivity contribution in [3.63, 3.8) is 0 Å². The third-order valence-electron chi connectivity index (χ3n) is 4.63. The molecular weight excluding hydrogens is 312 g/mol. The fourth-order valence-electron chi connectivity index (χ4n) is 2.47. The van der Waals surface area contributed by atoms with E-state index in [1.54, 1.807) is 0 Å². The van der Waals surface area contributed by atoms with Crippen molar-refractivity contribution >= 4 is 5.97 Å². The summed E-state index contributed by atoms with van der Waals surface area (Å²) in [6.45, 7) is 9.90. The zero-order chi connectivity index (χ0) is 18.5. The van der Waals surface area contributed by atoms with Crippen molar-refractivity contribution in [2.75, 3.05) is 6.61 Å². The van der Waals surface area contributed by atoms with E-state index in [9.17, 15) is 4.79 Å².